The summed E-state index contributed by atoms with van der Waals surface area (Å²) in [7, 11) is -4.47. The number of aromatic nitrogens is 4. The van der Waals surface area contributed by atoms with Crippen LogP contribution in [0.25, 0.3) is 21.3 Å². The number of nitrogens with two attached hydrogens (primary N) is 1. The van der Waals surface area contributed by atoms with E-state index in [-0.39, 0.29) is 116 Å². The molecule has 5 heterocycles. The molecule has 2 fully saturated rings. The van der Waals surface area contributed by atoms with Crippen molar-refractivity contribution in [3.8, 4) is 11.1 Å². The number of benzene rings is 3. The van der Waals surface area contributed by atoms with Gasteiger partial charge in [-0.1, -0.05) is 101 Å². The number of fused-ring (bicyclic) bond motifs is 4. The maximum absolute atomic E-state index is 14.0. The van der Waals surface area contributed by atoms with Gasteiger partial charge in [-0.05, 0) is 165 Å². The second-order valence-corrected chi connectivity index (χ2v) is 32.4. The first-order valence-electron chi connectivity index (χ1n) is 35.6. The number of nitrogens with one attached hydrogen (secondary N) is 3. The van der Waals surface area contributed by atoms with Crippen LogP contribution in [0.4, 0.5) is 20.5 Å². The number of urea groups is 1. The molecule has 0 saturated heterocycles. The number of carbonyl (C=O) groups is 9. The van der Waals surface area contributed by atoms with E-state index in [9.17, 15) is 61.2 Å². The highest BCUT2D eigenvalue weighted by molar-refractivity contribution is 7.85. The molecule has 2 saturated carbocycles. The molecule has 7 amide bonds. The first kappa shape index (κ1) is 76.4. The predicted molar refractivity (Wildman–Crippen MR) is 390 cm³/mol. The Morgan fingerprint density at radius 2 is 1.60 bits per heavy atom. The molecule has 2 aliphatic heterocycles. The van der Waals surface area contributed by atoms with Gasteiger partial charge in [0.15, 0.2) is 16.6 Å². The third-order valence-corrected chi connectivity index (χ3v) is 22.4. The summed E-state index contributed by atoms with van der Waals surface area (Å²) in [6.45, 7) is 14.1. The SMILES string of the molecule is Cc1c(-c2ccc(N3CCc4cccc(C(=O)Nc5nc6ccccc6s5)c4C3)nc2C(=O)O)cnn1CC1(C)CC2(C)CC(C)CC(CCCN(CCS(=O)(=O)O)C(=O)OCc3ccc(CC(=O)[C@H](CCCNC(N)=O)NC(=O)[C@@H](CC(=O)CCCCCN4C(=O)C=CC4=O)C(C)C)cc3)(C2)C1. The van der Waals surface area contributed by atoms with Crippen molar-refractivity contribution < 1.29 is 66.0 Å². The van der Waals surface area contributed by atoms with Crippen molar-refractivity contribution in [3.05, 3.63) is 136 Å². The number of unbranched alkanes of at least 4 members (excludes halogenated alkanes) is 2. The van der Waals surface area contributed by atoms with E-state index in [0.29, 0.717) is 103 Å². The Hall–Kier alpha value is -9.21. The monoisotopic (exact) mass is 1450 g/mol. The first-order chi connectivity index (χ1) is 48.9. The van der Waals surface area contributed by atoms with Crippen LogP contribution in [-0.4, -0.2) is 145 Å². The number of carbonyl (C=O) groups excluding carboxylic acids is 8. The average Bonchev–Trinajstić information content (AvgIpc) is 0.901. The Balaban J connectivity index is 0.745. The number of nitrogens with zero attached hydrogens (tertiary/aromatic N) is 7. The van der Waals surface area contributed by atoms with Crippen LogP contribution in [0.5, 0.6) is 0 Å². The van der Waals surface area contributed by atoms with Gasteiger partial charge < -0.3 is 36.0 Å². The molecule has 2 aliphatic carbocycles. The Bertz CT molecular complexity index is 4270. The summed E-state index contributed by atoms with van der Waals surface area (Å²) in [4.78, 5) is 131. The molecule has 4 aliphatic rings. The van der Waals surface area contributed by atoms with Crippen LogP contribution >= 0.6 is 11.3 Å². The molecule has 3 aromatic carbocycles. The number of pyridine rings is 1. The van der Waals surface area contributed by atoms with Gasteiger partial charge in [0.05, 0.1) is 28.2 Å². The fourth-order valence-corrected chi connectivity index (χ4v) is 18.0. The Labute approximate surface area is 604 Å². The maximum atomic E-state index is 14.0. The summed E-state index contributed by atoms with van der Waals surface area (Å²) in [5.74, 6) is -3.85. The molecule has 7 N–H and O–H groups in total. The van der Waals surface area contributed by atoms with Gasteiger partial charge >= 0.3 is 18.1 Å². The van der Waals surface area contributed by atoms with Gasteiger partial charge in [-0.15, -0.1) is 0 Å². The van der Waals surface area contributed by atoms with E-state index in [1.54, 1.807) is 42.6 Å². The Morgan fingerprint density at radius 1 is 0.854 bits per heavy atom. The first-order valence-corrected chi connectivity index (χ1v) is 38.0. The second-order valence-electron chi connectivity index (χ2n) is 29.8. The highest BCUT2D eigenvalue weighted by Crippen LogP contribution is 2.64. The molecule has 6 aromatic rings. The highest BCUT2D eigenvalue weighted by Gasteiger charge is 2.54. The number of amides is 7. The normalized spacial score (nSPS) is 20.0. The number of aromatic carboxylic acids is 1. The zero-order valence-corrected chi connectivity index (χ0v) is 61.2. The summed E-state index contributed by atoms with van der Waals surface area (Å²) in [6, 6.07) is 22.1. The van der Waals surface area contributed by atoms with Gasteiger partial charge in [-0.3, -0.25) is 48.2 Å². The molecule has 2 bridgehead atoms. The number of ether oxygens (including phenoxy) is 1. The lowest BCUT2D eigenvalue weighted by molar-refractivity contribution is -0.137. The fraction of sp³-hybridized carbons (Fsp3) is 0.500. The van der Waals surface area contributed by atoms with Crippen LogP contribution in [0, 0.1) is 40.9 Å². The molecule has 27 heteroatoms. The molecule has 25 nitrogen and oxygen atoms in total. The molecule has 4 unspecified atom stereocenters. The third-order valence-electron chi connectivity index (χ3n) is 20.7. The predicted octanol–water partition coefficient (Wildman–Crippen LogP) is 11.1. The number of anilines is 2. The summed E-state index contributed by atoms with van der Waals surface area (Å²) in [5, 5.41) is 24.6. The van der Waals surface area contributed by atoms with Gasteiger partial charge in [0.2, 0.25) is 5.91 Å². The minimum Gasteiger partial charge on any atom is -0.476 e. The lowest BCUT2D eigenvalue weighted by Crippen LogP contribution is -2.50. The number of hydrogen-bond donors (Lipinski definition) is 6. The van der Waals surface area contributed by atoms with E-state index in [2.05, 4.69) is 41.7 Å². The zero-order chi connectivity index (χ0) is 74.0. The van der Waals surface area contributed by atoms with Crippen LogP contribution in [0.2, 0.25) is 0 Å². The molecule has 6 atom stereocenters. The largest absolute Gasteiger partial charge is 0.476 e. The van der Waals surface area contributed by atoms with Crippen molar-refractivity contribution in [1.29, 1.82) is 0 Å². The maximum Gasteiger partial charge on any atom is 0.410 e. The fourth-order valence-electron chi connectivity index (χ4n) is 16.7. The number of rotatable bonds is 34. The third kappa shape index (κ3) is 20.0. The number of hydrogen-bond acceptors (Lipinski definition) is 17. The summed E-state index contributed by atoms with van der Waals surface area (Å²) >= 11 is 1.40. The lowest BCUT2D eigenvalue weighted by atomic mass is 9.46. The number of carboxylic acids is 1. The van der Waals surface area contributed by atoms with Gasteiger partial charge in [0.25, 0.3) is 27.8 Å². The minimum absolute atomic E-state index is 0.0272. The van der Waals surface area contributed by atoms with Crippen LogP contribution in [0.1, 0.15) is 173 Å². The highest BCUT2D eigenvalue weighted by atomic mass is 32.2. The van der Waals surface area contributed by atoms with Crippen LogP contribution in [0.3, 0.4) is 0 Å². The summed E-state index contributed by atoms with van der Waals surface area (Å²) in [5.41, 5.74) is 11.0. The van der Waals surface area contributed by atoms with Gasteiger partial charge in [-0.2, -0.15) is 13.5 Å². The summed E-state index contributed by atoms with van der Waals surface area (Å²) in [6.07, 6.45) is 12.2. The smallest absolute Gasteiger partial charge is 0.410 e. The second kappa shape index (κ2) is 33.1. The van der Waals surface area contributed by atoms with Gasteiger partial charge in [-0.25, -0.2) is 24.4 Å². The van der Waals surface area contributed by atoms with Crippen molar-refractivity contribution in [3.63, 3.8) is 0 Å². The number of para-hydroxylation sites is 1. The van der Waals surface area contributed by atoms with E-state index in [4.69, 9.17) is 20.6 Å². The van der Waals surface area contributed by atoms with E-state index in [1.165, 1.54) is 28.4 Å². The lowest BCUT2D eigenvalue weighted by Gasteiger charge is -2.59. The average molecular weight is 1450 g/mol. The molecule has 10 rings (SSSR count). The topological polar surface area (TPSA) is 353 Å². The number of carboxylic acid groups (broad SMARTS) is 1. The van der Waals surface area contributed by atoms with Crippen molar-refractivity contribution in [2.75, 3.05) is 48.7 Å². The van der Waals surface area contributed by atoms with Crippen LogP contribution in [-0.2, 0) is 71.4 Å². The zero-order valence-electron chi connectivity index (χ0n) is 59.5. The van der Waals surface area contributed by atoms with Crippen molar-refractivity contribution in [2.24, 2.45) is 39.7 Å². The van der Waals surface area contributed by atoms with E-state index < -0.39 is 51.8 Å². The molecule has 0 radical (unpaired) electrons. The molecule has 103 heavy (non-hydrogen) atoms. The molecular weight excluding hydrogens is 1360 g/mol. The van der Waals surface area contributed by atoms with Crippen LogP contribution in [0.15, 0.2) is 97.2 Å². The minimum atomic E-state index is -4.47. The van der Waals surface area contributed by atoms with Crippen molar-refractivity contribution >= 4 is 95.9 Å². The van der Waals surface area contributed by atoms with Crippen molar-refractivity contribution in [2.45, 2.75) is 170 Å². The number of thiazole rings is 1. The number of Topliss-reactive ketones (excluding diaryl/α,β-unsaturated/α-hetero) is 2. The van der Waals surface area contributed by atoms with Gasteiger partial charge in [0.1, 0.15) is 18.2 Å². The molecule has 3 aromatic heterocycles. The Kier molecular flexibility index (Phi) is 24.5. The number of ketones is 2. The quantitative estimate of drug-likeness (QED) is 0.0124. The number of imide groups is 1. The number of primary amides is 1. The van der Waals surface area contributed by atoms with Crippen molar-refractivity contribution in [1.82, 2.24) is 40.2 Å². The van der Waals surface area contributed by atoms with E-state index >= 15 is 0 Å². The van der Waals surface area contributed by atoms with Gasteiger partial charge in [0, 0.05) is 106 Å². The Morgan fingerprint density at radius 3 is 2.32 bits per heavy atom. The standard InChI is InChI=1S/C76H95N11O14S2/c1-48(2)57(38-54(88)16-8-7-11-33-86-65(90)27-28-66(86)91)69(93)80-60(19-13-31-78-71(77)96)62(89)37-51-21-23-52(24-22-51)43-101-73(97)84(35-36-103(98,99)100)32-14-30-76-40-49(3)39-74(5,45-76)44-75(6,46-76)47-87-50(4)58(41-79-87)55-25-26-64(82-67(55)70(94)95)85-34-29-53-15-12-17-56(59(53)42-85)68(92)83-72-81-61-18-9-10-20-63(61)102-72/h9-10,12,15,17-18,20-28,41,48-49,57,60H,7-8,11,13-14,16,19,29-40,42-47H2,1-6H3,(H,80,93)(H,94,95)(H3,77,78,96)(H,81,83,92)(H,98,99,100)/t49?,57-,60-,74?,75?,76?/m0/s1. The molecular formula is C76H95N11O14S2. The molecule has 0 spiro atoms. The van der Waals surface area contributed by atoms with Crippen LogP contribution < -0.4 is 26.6 Å². The van der Waals surface area contributed by atoms with E-state index in [1.807, 2.05) is 72.8 Å². The summed E-state index contributed by atoms with van der Waals surface area (Å²) < 4.78 is 42.9. The van der Waals surface area contributed by atoms with E-state index in [0.717, 1.165) is 70.5 Å². The molecule has 550 valence electrons.